The average molecular weight is 199 g/mol. The van der Waals surface area contributed by atoms with Crippen LogP contribution in [0.5, 0.6) is 0 Å². The summed E-state index contributed by atoms with van der Waals surface area (Å²) in [6, 6.07) is 0. The molecule has 0 heterocycles. The first-order valence-electron chi connectivity index (χ1n) is 5.58. The fourth-order valence-corrected chi connectivity index (χ4v) is 1.65. The smallest absolute Gasteiger partial charge is 0.326 e. The van der Waals surface area contributed by atoms with Gasteiger partial charge in [0.05, 0.1) is 7.11 Å². The summed E-state index contributed by atoms with van der Waals surface area (Å²) in [5.41, 5.74) is -0.305. The number of ether oxygens (including phenoxy) is 1. The lowest BCUT2D eigenvalue weighted by molar-refractivity contribution is -0.144. The Hall–Kier alpha value is -0.570. The van der Waals surface area contributed by atoms with E-state index >= 15 is 0 Å². The van der Waals surface area contributed by atoms with Crippen molar-refractivity contribution in [1.29, 1.82) is 0 Å². The summed E-state index contributed by atoms with van der Waals surface area (Å²) < 4.78 is 4.75. The van der Waals surface area contributed by atoms with E-state index in [2.05, 4.69) is 12.2 Å². The van der Waals surface area contributed by atoms with Crippen molar-refractivity contribution in [3.8, 4) is 0 Å². The maximum Gasteiger partial charge on any atom is 0.326 e. The van der Waals surface area contributed by atoms with Crippen molar-refractivity contribution < 1.29 is 9.53 Å². The lowest BCUT2D eigenvalue weighted by Crippen LogP contribution is -2.40. The van der Waals surface area contributed by atoms with Crippen molar-refractivity contribution in [2.24, 2.45) is 0 Å². The molecule has 0 aromatic heterocycles. The zero-order valence-corrected chi connectivity index (χ0v) is 9.27. The molecule has 1 aliphatic rings. The van der Waals surface area contributed by atoms with E-state index in [-0.39, 0.29) is 11.5 Å². The molecule has 0 bridgehead atoms. The summed E-state index contributed by atoms with van der Waals surface area (Å²) in [7, 11) is 1.46. The van der Waals surface area contributed by atoms with Crippen LogP contribution in [0.2, 0.25) is 0 Å². The van der Waals surface area contributed by atoms with E-state index in [1.54, 1.807) is 0 Å². The molecule has 0 aliphatic heterocycles. The number of methoxy groups -OCH3 is 1. The molecule has 0 amide bonds. The van der Waals surface area contributed by atoms with Gasteiger partial charge in [0.1, 0.15) is 5.54 Å². The molecule has 0 unspecified atom stereocenters. The summed E-state index contributed by atoms with van der Waals surface area (Å²) in [5, 5.41) is 3.31. The number of nitrogens with one attached hydrogen (secondary N) is 1. The first kappa shape index (κ1) is 11.5. The van der Waals surface area contributed by atoms with Crippen molar-refractivity contribution in [3.63, 3.8) is 0 Å². The predicted octanol–water partition coefficient (Wildman–Crippen LogP) is 1.86. The molecule has 0 atom stereocenters. The first-order chi connectivity index (χ1) is 6.75. The molecular formula is C11H21NO2. The van der Waals surface area contributed by atoms with Gasteiger partial charge in [-0.1, -0.05) is 26.2 Å². The molecule has 1 aliphatic carbocycles. The standard InChI is InChI=1S/C11H21NO2/c1-3-4-5-6-9-12-11(7-8-11)10(13)14-2/h12H,3-9H2,1-2H3. The molecule has 1 rings (SSSR count). The van der Waals surface area contributed by atoms with Crippen LogP contribution in [0.3, 0.4) is 0 Å². The maximum absolute atomic E-state index is 11.3. The van der Waals surface area contributed by atoms with Gasteiger partial charge in [-0.05, 0) is 25.8 Å². The Morgan fingerprint density at radius 2 is 2.07 bits per heavy atom. The second kappa shape index (κ2) is 5.35. The number of hydrogen-bond acceptors (Lipinski definition) is 3. The van der Waals surface area contributed by atoms with Crippen LogP contribution in [0.1, 0.15) is 45.4 Å². The molecule has 1 saturated carbocycles. The highest BCUT2D eigenvalue weighted by Crippen LogP contribution is 2.36. The summed E-state index contributed by atoms with van der Waals surface area (Å²) in [6.45, 7) is 3.14. The minimum absolute atomic E-state index is 0.0898. The van der Waals surface area contributed by atoms with E-state index in [9.17, 15) is 4.79 Å². The van der Waals surface area contributed by atoms with E-state index in [0.717, 1.165) is 25.8 Å². The van der Waals surface area contributed by atoms with Crippen LogP contribution in [-0.4, -0.2) is 25.2 Å². The van der Waals surface area contributed by atoms with Crippen molar-refractivity contribution in [3.05, 3.63) is 0 Å². The van der Waals surface area contributed by atoms with E-state index in [4.69, 9.17) is 4.74 Å². The van der Waals surface area contributed by atoms with Gasteiger partial charge >= 0.3 is 5.97 Å². The Bertz CT molecular complexity index is 188. The second-order valence-corrected chi connectivity index (χ2v) is 4.06. The maximum atomic E-state index is 11.3. The lowest BCUT2D eigenvalue weighted by atomic mass is 10.2. The van der Waals surface area contributed by atoms with Crippen molar-refractivity contribution in [2.75, 3.05) is 13.7 Å². The Morgan fingerprint density at radius 1 is 1.36 bits per heavy atom. The Morgan fingerprint density at radius 3 is 2.57 bits per heavy atom. The third kappa shape index (κ3) is 2.98. The van der Waals surface area contributed by atoms with Gasteiger partial charge in [0.2, 0.25) is 0 Å². The fraction of sp³-hybridized carbons (Fsp3) is 0.909. The SMILES string of the molecule is CCCCCCNC1(C(=O)OC)CC1. The quantitative estimate of drug-likeness (QED) is 0.502. The number of carbonyl (C=O) groups is 1. The van der Waals surface area contributed by atoms with Crippen molar-refractivity contribution >= 4 is 5.97 Å². The number of unbranched alkanes of at least 4 members (excludes halogenated alkanes) is 3. The highest BCUT2D eigenvalue weighted by atomic mass is 16.5. The highest BCUT2D eigenvalue weighted by molar-refractivity contribution is 5.84. The van der Waals surface area contributed by atoms with Gasteiger partial charge in [-0.25, -0.2) is 0 Å². The van der Waals surface area contributed by atoms with Crippen molar-refractivity contribution in [1.82, 2.24) is 5.32 Å². The average Bonchev–Trinajstić information content (AvgIpc) is 2.98. The molecule has 3 nitrogen and oxygen atoms in total. The first-order valence-corrected chi connectivity index (χ1v) is 5.58. The van der Waals surface area contributed by atoms with Gasteiger partial charge in [0, 0.05) is 0 Å². The molecule has 1 N–H and O–H groups in total. The predicted molar refractivity (Wildman–Crippen MR) is 56.1 cm³/mol. The van der Waals surface area contributed by atoms with Crippen LogP contribution >= 0.6 is 0 Å². The summed E-state index contributed by atoms with van der Waals surface area (Å²) in [4.78, 5) is 11.3. The topological polar surface area (TPSA) is 38.3 Å². The third-order valence-corrected chi connectivity index (χ3v) is 2.82. The van der Waals surface area contributed by atoms with Crippen LogP contribution < -0.4 is 5.32 Å². The Kier molecular flexibility index (Phi) is 4.39. The van der Waals surface area contributed by atoms with Gasteiger partial charge in [-0.2, -0.15) is 0 Å². The van der Waals surface area contributed by atoms with Crippen LogP contribution in [0, 0.1) is 0 Å². The molecule has 82 valence electrons. The van der Waals surface area contributed by atoms with Crippen molar-refractivity contribution in [2.45, 2.75) is 51.0 Å². The van der Waals surface area contributed by atoms with Crippen LogP contribution in [0.25, 0.3) is 0 Å². The van der Waals surface area contributed by atoms with Gasteiger partial charge in [-0.15, -0.1) is 0 Å². The summed E-state index contributed by atoms with van der Waals surface area (Å²) in [6.07, 6.45) is 6.82. The van der Waals surface area contributed by atoms with Gasteiger partial charge < -0.3 is 10.1 Å². The molecule has 1 fully saturated rings. The summed E-state index contributed by atoms with van der Waals surface area (Å²) >= 11 is 0. The van der Waals surface area contributed by atoms with Gasteiger partial charge in [0.15, 0.2) is 0 Å². The third-order valence-electron chi connectivity index (χ3n) is 2.82. The molecule has 0 aromatic rings. The van der Waals surface area contributed by atoms with E-state index < -0.39 is 0 Å². The minimum atomic E-state index is -0.305. The number of carbonyl (C=O) groups excluding carboxylic acids is 1. The number of esters is 1. The zero-order chi connectivity index (χ0) is 10.4. The normalized spacial score (nSPS) is 17.9. The zero-order valence-electron chi connectivity index (χ0n) is 9.27. The molecule has 0 spiro atoms. The Labute approximate surface area is 86.2 Å². The number of hydrogen-bond donors (Lipinski definition) is 1. The van der Waals surface area contributed by atoms with Crippen LogP contribution in [0.4, 0.5) is 0 Å². The summed E-state index contributed by atoms with van der Waals surface area (Å²) in [5.74, 6) is -0.0898. The monoisotopic (exact) mass is 199 g/mol. The largest absolute Gasteiger partial charge is 0.468 e. The van der Waals surface area contributed by atoms with Gasteiger partial charge in [0.25, 0.3) is 0 Å². The molecule has 3 heteroatoms. The van der Waals surface area contributed by atoms with Crippen LogP contribution in [0.15, 0.2) is 0 Å². The molecule has 0 saturated heterocycles. The van der Waals surface area contributed by atoms with E-state index in [0.29, 0.717) is 0 Å². The van der Waals surface area contributed by atoms with Crippen LogP contribution in [-0.2, 0) is 9.53 Å². The number of rotatable bonds is 7. The van der Waals surface area contributed by atoms with E-state index in [1.165, 1.54) is 26.4 Å². The molecular weight excluding hydrogens is 178 g/mol. The second-order valence-electron chi connectivity index (χ2n) is 4.06. The fourth-order valence-electron chi connectivity index (χ4n) is 1.65. The van der Waals surface area contributed by atoms with E-state index in [1.807, 2.05) is 0 Å². The Balaban J connectivity index is 2.09. The highest BCUT2D eigenvalue weighted by Gasteiger charge is 2.50. The molecule has 14 heavy (non-hydrogen) atoms. The molecule has 0 radical (unpaired) electrons. The lowest BCUT2D eigenvalue weighted by Gasteiger charge is -2.14. The minimum Gasteiger partial charge on any atom is -0.468 e. The van der Waals surface area contributed by atoms with Gasteiger partial charge in [-0.3, -0.25) is 4.79 Å². The molecule has 0 aromatic carbocycles.